The van der Waals surface area contributed by atoms with Gasteiger partial charge in [-0.2, -0.15) is 0 Å². The van der Waals surface area contributed by atoms with Crippen LogP contribution in [0.5, 0.6) is 0 Å². The third kappa shape index (κ3) is 3.00. The molecule has 2 saturated heterocycles. The Morgan fingerprint density at radius 1 is 1.00 bits per heavy atom. The highest BCUT2D eigenvalue weighted by Crippen LogP contribution is 2.24. The second-order valence-corrected chi connectivity index (χ2v) is 5.60. The predicted octanol–water partition coefficient (Wildman–Crippen LogP) is 1.06. The molecule has 2 aliphatic rings. The summed E-state index contributed by atoms with van der Waals surface area (Å²) in [6.45, 7) is 2.38. The second-order valence-electron chi connectivity index (χ2n) is 5.60. The molecular formula is C15H20N4O2. The lowest BCUT2D eigenvalue weighted by molar-refractivity contribution is -0.120. The normalized spacial score (nSPS) is 20.6. The first-order chi connectivity index (χ1) is 10.1. The van der Waals surface area contributed by atoms with Crippen molar-refractivity contribution in [3.05, 3.63) is 24.3 Å². The van der Waals surface area contributed by atoms with Crippen LogP contribution in [-0.2, 0) is 4.79 Å². The molecule has 0 aromatic heterocycles. The number of piperidine rings is 1. The summed E-state index contributed by atoms with van der Waals surface area (Å²) in [5.74, 6) is -0.211. The zero-order chi connectivity index (χ0) is 14.8. The van der Waals surface area contributed by atoms with Gasteiger partial charge in [-0.3, -0.25) is 15.0 Å². The van der Waals surface area contributed by atoms with Crippen molar-refractivity contribution in [3.63, 3.8) is 0 Å². The fourth-order valence-electron chi connectivity index (χ4n) is 2.81. The van der Waals surface area contributed by atoms with Crippen molar-refractivity contribution in [2.45, 2.75) is 25.3 Å². The maximum Gasteiger partial charge on any atom is 0.328 e. The zero-order valence-corrected chi connectivity index (χ0v) is 11.9. The number of anilines is 2. The summed E-state index contributed by atoms with van der Waals surface area (Å²) in [5.41, 5.74) is 7.89. The number of nitrogens with one attached hydrogen (secondary N) is 1. The van der Waals surface area contributed by atoms with Crippen LogP contribution in [0.15, 0.2) is 24.3 Å². The first kappa shape index (κ1) is 13.9. The summed E-state index contributed by atoms with van der Waals surface area (Å²) in [7, 11) is 0. The van der Waals surface area contributed by atoms with Gasteiger partial charge in [-0.1, -0.05) is 0 Å². The van der Waals surface area contributed by atoms with Gasteiger partial charge in [-0.05, 0) is 37.1 Å². The third-order valence-corrected chi connectivity index (χ3v) is 4.12. The SMILES string of the molecule is NC1CCN(c2ccc(N3CCC(=O)NC3=O)cc2)CC1. The fourth-order valence-corrected chi connectivity index (χ4v) is 2.81. The van der Waals surface area contributed by atoms with Gasteiger partial charge in [-0.25, -0.2) is 4.79 Å². The van der Waals surface area contributed by atoms with Crippen molar-refractivity contribution in [2.75, 3.05) is 29.4 Å². The average Bonchev–Trinajstić information content (AvgIpc) is 2.48. The summed E-state index contributed by atoms with van der Waals surface area (Å²) in [4.78, 5) is 26.9. The Labute approximate surface area is 123 Å². The molecule has 0 spiro atoms. The molecule has 2 heterocycles. The number of nitrogens with two attached hydrogens (primary N) is 1. The highest BCUT2D eigenvalue weighted by molar-refractivity contribution is 6.05. The van der Waals surface area contributed by atoms with Crippen molar-refractivity contribution in [3.8, 4) is 0 Å². The minimum atomic E-state index is -0.344. The van der Waals surface area contributed by atoms with Crippen molar-refractivity contribution < 1.29 is 9.59 Å². The predicted molar refractivity (Wildman–Crippen MR) is 81.4 cm³/mol. The monoisotopic (exact) mass is 288 g/mol. The van der Waals surface area contributed by atoms with Gasteiger partial charge < -0.3 is 10.6 Å². The number of hydrogen-bond donors (Lipinski definition) is 2. The number of hydrogen-bond acceptors (Lipinski definition) is 4. The van der Waals surface area contributed by atoms with Crippen LogP contribution in [0.2, 0.25) is 0 Å². The van der Waals surface area contributed by atoms with Crippen LogP contribution in [0.25, 0.3) is 0 Å². The number of amides is 3. The van der Waals surface area contributed by atoms with E-state index >= 15 is 0 Å². The van der Waals surface area contributed by atoms with Gasteiger partial charge in [0.15, 0.2) is 0 Å². The molecule has 6 nitrogen and oxygen atoms in total. The molecule has 0 aliphatic carbocycles. The second kappa shape index (κ2) is 5.73. The zero-order valence-electron chi connectivity index (χ0n) is 11.9. The topological polar surface area (TPSA) is 78.7 Å². The van der Waals surface area contributed by atoms with E-state index in [9.17, 15) is 9.59 Å². The molecule has 21 heavy (non-hydrogen) atoms. The van der Waals surface area contributed by atoms with Crippen molar-refractivity contribution in [2.24, 2.45) is 5.73 Å². The van der Waals surface area contributed by atoms with E-state index in [0.29, 0.717) is 19.0 Å². The Kier molecular flexibility index (Phi) is 3.79. The first-order valence-corrected chi connectivity index (χ1v) is 7.35. The molecule has 2 fully saturated rings. The third-order valence-electron chi connectivity index (χ3n) is 4.12. The van der Waals surface area contributed by atoms with E-state index < -0.39 is 0 Å². The molecule has 0 unspecified atom stereocenters. The highest BCUT2D eigenvalue weighted by Gasteiger charge is 2.24. The van der Waals surface area contributed by atoms with Gasteiger partial charge in [0.05, 0.1) is 0 Å². The Balaban J connectivity index is 1.69. The lowest BCUT2D eigenvalue weighted by atomic mass is 10.1. The van der Waals surface area contributed by atoms with E-state index in [-0.39, 0.29) is 11.9 Å². The molecule has 1 aromatic rings. The number of rotatable bonds is 2. The number of nitrogens with zero attached hydrogens (tertiary/aromatic N) is 2. The first-order valence-electron chi connectivity index (χ1n) is 7.35. The fraction of sp³-hybridized carbons (Fsp3) is 0.467. The molecule has 0 radical (unpaired) electrons. The van der Waals surface area contributed by atoms with E-state index in [1.807, 2.05) is 24.3 Å². The maximum absolute atomic E-state index is 11.8. The lowest BCUT2D eigenvalue weighted by Crippen LogP contribution is -2.49. The van der Waals surface area contributed by atoms with Crippen molar-refractivity contribution in [1.29, 1.82) is 0 Å². The van der Waals surface area contributed by atoms with E-state index in [1.54, 1.807) is 4.90 Å². The lowest BCUT2D eigenvalue weighted by Gasteiger charge is -2.32. The molecule has 3 N–H and O–H groups in total. The summed E-state index contributed by atoms with van der Waals surface area (Å²) in [6, 6.07) is 7.88. The van der Waals surface area contributed by atoms with E-state index in [4.69, 9.17) is 5.73 Å². The van der Waals surface area contributed by atoms with Gasteiger partial charge in [0.2, 0.25) is 5.91 Å². The van der Waals surface area contributed by atoms with Crippen LogP contribution in [0, 0.1) is 0 Å². The molecule has 3 amide bonds. The van der Waals surface area contributed by atoms with Crippen molar-refractivity contribution in [1.82, 2.24) is 5.32 Å². The summed E-state index contributed by atoms with van der Waals surface area (Å²) in [6.07, 6.45) is 2.37. The van der Waals surface area contributed by atoms with Crippen molar-refractivity contribution >= 4 is 23.3 Å². The van der Waals surface area contributed by atoms with Crippen LogP contribution in [-0.4, -0.2) is 37.6 Å². The molecule has 2 aliphatic heterocycles. The van der Waals surface area contributed by atoms with Gasteiger partial charge in [0.25, 0.3) is 0 Å². The van der Waals surface area contributed by atoms with Gasteiger partial charge in [0.1, 0.15) is 0 Å². The maximum atomic E-state index is 11.8. The standard InChI is InChI=1S/C15H20N4O2/c16-11-5-8-18(9-6-11)12-1-3-13(4-2-12)19-10-7-14(20)17-15(19)21/h1-4,11H,5-10,16H2,(H,17,20,21). The van der Waals surface area contributed by atoms with E-state index in [1.165, 1.54) is 0 Å². The number of imide groups is 1. The van der Waals surface area contributed by atoms with E-state index in [2.05, 4.69) is 10.2 Å². The Morgan fingerprint density at radius 2 is 1.62 bits per heavy atom. The highest BCUT2D eigenvalue weighted by atomic mass is 16.2. The Hall–Kier alpha value is -2.08. The van der Waals surface area contributed by atoms with E-state index in [0.717, 1.165) is 37.3 Å². The average molecular weight is 288 g/mol. The van der Waals surface area contributed by atoms with Crippen LogP contribution in [0.3, 0.4) is 0 Å². The number of urea groups is 1. The quantitative estimate of drug-likeness (QED) is 0.853. The largest absolute Gasteiger partial charge is 0.371 e. The summed E-state index contributed by atoms with van der Waals surface area (Å²) >= 11 is 0. The summed E-state index contributed by atoms with van der Waals surface area (Å²) in [5, 5.41) is 2.33. The Morgan fingerprint density at radius 3 is 2.24 bits per heavy atom. The van der Waals surface area contributed by atoms with Gasteiger partial charge in [0, 0.05) is 43.5 Å². The minimum absolute atomic E-state index is 0.211. The molecule has 1 aromatic carbocycles. The Bertz CT molecular complexity index is 535. The minimum Gasteiger partial charge on any atom is -0.371 e. The van der Waals surface area contributed by atoms with Crippen LogP contribution in [0.1, 0.15) is 19.3 Å². The smallest absolute Gasteiger partial charge is 0.328 e. The van der Waals surface area contributed by atoms with Crippen LogP contribution >= 0.6 is 0 Å². The van der Waals surface area contributed by atoms with Gasteiger partial charge >= 0.3 is 6.03 Å². The number of benzene rings is 1. The number of carbonyl (C=O) groups is 2. The molecule has 0 saturated carbocycles. The van der Waals surface area contributed by atoms with Crippen LogP contribution in [0.4, 0.5) is 16.2 Å². The number of carbonyl (C=O) groups excluding carboxylic acids is 2. The van der Waals surface area contributed by atoms with Crippen LogP contribution < -0.4 is 20.9 Å². The molecule has 0 atom stereocenters. The van der Waals surface area contributed by atoms with Gasteiger partial charge in [-0.15, -0.1) is 0 Å². The molecule has 6 heteroatoms. The molecular weight excluding hydrogens is 268 g/mol. The molecule has 112 valence electrons. The molecule has 0 bridgehead atoms. The molecule has 3 rings (SSSR count). The summed E-state index contributed by atoms with van der Waals surface area (Å²) < 4.78 is 0.